The van der Waals surface area contributed by atoms with Crippen LogP contribution in [0.15, 0.2) is 6.20 Å². The second kappa shape index (κ2) is 6.19. The molecule has 1 aliphatic heterocycles. The minimum absolute atomic E-state index is 0.00833. The summed E-state index contributed by atoms with van der Waals surface area (Å²) in [6, 6.07) is 0. The average molecular weight is 317 g/mol. The number of sulfonamides is 1. The minimum atomic E-state index is -3.13. The van der Waals surface area contributed by atoms with E-state index < -0.39 is 10.0 Å². The first-order chi connectivity index (χ1) is 9.36. The molecule has 1 fully saturated rings. The summed E-state index contributed by atoms with van der Waals surface area (Å²) in [4.78, 5) is 17.3. The first-order valence-corrected chi connectivity index (χ1v) is 9.17. The Hall–Kier alpha value is -0.990. The van der Waals surface area contributed by atoms with Crippen LogP contribution in [0.3, 0.4) is 0 Å². The van der Waals surface area contributed by atoms with Gasteiger partial charge in [0.05, 0.1) is 12.8 Å². The molecule has 1 aromatic heterocycles. The van der Waals surface area contributed by atoms with Crippen LogP contribution >= 0.6 is 11.3 Å². The van der Waals surface area contributed by atoms with Gasteiger partial charge in [0.25, 0.3) is 0 Å². The summed E-state index contributed by atoms with van der Waals surface area (Å²) < 4.78 is 24.2. The van der Waals surface area contributed by atoms with E-state index in [-0.39, 0.29) is 11.8 Å². The number of aryl methyl sites for hydroxylation is 1. The summed E-state index contributed by atoms with van der Waals surface area (Å²) in [5.74, 6) is -0.111. The third kappa shape index (κ3) is 4.00. The quantitative estimate of drug-likeness (QED) is 0.888. The number of rotatable bonds is 4. The lowest BCUT2D eigenvalue weighted by molar-refractivity contribution is -0.126. The van der Waals surface area contributed by atoms with Crippen molar-refractivity contribution in [2.24, 2.45) is 5.92 Å². The first kappa shape index (κ1) is 15.4. The Morgan fingerprint density at radius 1 is 1.50 bits per heavy atom. The zero-order valence-corrected chi connectivity index (χ0v) is 13.3. The van der Waals surface area contributed by atoms with E-state index in [1.807, 2.05) is 6.92 Å². The molecule has 0 radical (unpaired) electrons. The monoisotopic (exact) mass is 317 g/mol. The van der Waals surface area contributed by atoms with Crippen LogP contribution in [-0.4, -0.2) is 43.0 Å². The van der Waals surface area contributed by atoms with Gasteiger partial charge in [-0.1, -0.05) is 0 Å². The summed E-state index contributed by atoms with van der Waals surface area (Å²) >= 11 is 1.57. The van der Waals surface area contributed by atoms with Crippen molar-refractivity contribution in [3.8, 4) is 0 Å². The van der Waals surface area contributed by atoms with Crippen molar-refractivity contribution in [1.82, 2.24) is 14.6 Å². The van der Waals surface area contributed by atoms with Crippen molar-refractivity contribution in [3.05, 3.63) is 16.1 Å². The fourth-order valence-electron chi connectivity index (χ4n) is 2.24. The maximum atomic E-state index is 12.0. The highest BCUT2D eigenvalue weighted by Crippen LogP contribution is 2.19. The van der Waals surface area contributed by atoms with Crippen LogP contribution in [0.5, 0.6) is 0 Å². The van der Waals surface area contributed by atoms with Gasteiger partial charge in [-0.15, -0.1) is 11.3 Å². The Labute approximate surface area is 123 Å². The Bertz CT molecular complexity index is 575. The molecule has 0 aliphatic carbocycles. The lowest BCUT2D eigenvalue weighted by Crippen LogP contribution is -2.42. The van der Waals surface area contributed by atoms with Crippen molar-refractivity contribution in [2.45, 2.75) is 26.3 Å². The van der Waals surface area contributed by atoms with Crippen molar-refractivity contribution < 1.29 is 13.2 Å². The molecule has 20 heavy (non-hydrogen) atoms. The Morgan fingerprint density at radius 3 is 2.65 bits per heavy atom. The second-order valence-corrected chi connectivity index (χ2v) is 8.32. The molecule has 0 saturated carbocycles. The molecule has 0 unspecified atom stereocenters. The topological polar surface area (TPSA) is 79.4 Å². The van der Waals surface area contributed by atoms with Gasteiger partial charge in [-0.3, -0.25) is 4.79 Å². The number of piperidine rings is 1. The number of carbonyl (C=O) groups excluding carboxylic acids is 1. The average Bonchev–Trinajstić information content (AvgIpc) is 2.81. The lowest BCUT2D eigenvalue weighted by atomic mass is 9.97. The maximum Gasteiger partial charge on any atom is 0.223 e. The number of hydrogen-bond acceptors (Lipinski definition) is 5. The summed E-state index contributed by atoms with van der Waals surface area (Å²) in [5.41, 5.74) is 0. The molecule has 1 N–H and O–H groups in total. The van der Waals surface area contributed by atoms with E-state index in [9.17, 15) is 13.2 Å². The maximum absolute atomic E-state index is 12.0. The summed E-state index contributed by atoms with van der Waals surface area (Å²) in [6.45, 7) is 3.27. The van der Waals surface area contributed by atoms with Gasteiger partial charge < -0.3 is 5.32 Å². The van der Waals surface area contributed by atoms with E-state index in [0.717, 1.165) is 9.88 Å². The van der Waals surface area contributed by atoms with Gasteiger partial charge in [0.2, 0.25) is 15.9 Å². The van der Waals surface area contributed by atoms with Crippen molar-refractivity contribution in [3.63, 3.8) is 0 Å². The first-order valence-electron chi connectivity index (χ1n) is 6.50. The van der Waals surface area contributed by atoms with Crippen molar-refractivity contribution in [2.75, 3.05) is 19.3 Å². The third-order valence-electron chi connectivity index (χ3n) is 3.38. The van der Waals surface area contributed by atoms with Crippen LogP contribution in [-0.2, 0) is 21.4 Å². The van der Waals surface area contributed by atoms with E-state index >= 15 is 0 Å². The van der Waals surface area contributed by atoms with E-state index in [1.54, 1.807) is 17.5 Å². The predicted molar refractivity (Wildman–Crippen MR) is 77.8 cm³/mol. The zero-order chi connectivity index (χ0) is 14.8. The Balaban J connectivity index is 1.80. The fraction of sp³-hybridized carbons (Fsp3) is 0.667. The number of hydrogen-bond donors (Lipinski definition) is 1. The lowest BCUT2D eigenvalue weighted by Gasteiger charge is -2.29. The Kier molecular flexibility index (Phi) is 4.77. The molecule has 0 aromatic carbocycles. The number of amides is 1. The van der Waals surface area contributed by atoms with Gasteiger partial charge in [0.1, 0.15) is 5.01 Å². The molecule has 112 valence electrons. The van der Waals surface area contributed by atoms with E-state index in [4.69, 9.17) is 0 Å². The van der Waals surface area contributed by atoms with E-state index in [0.29, 0.717) is 32.5 Å². The highest BCUT2D eigenvalue weighted by atomic mass is 32.2. The van der Waals surface area contributed by atoms with Gasteiger partial charge in [0.15, 0.2) is 0 Å². The third-order valence-corrected chi connectivity index (χ3v) is 5.59. The molecular weight excluding hydrogens is 298 g/mol. The van der Waals surface area contributed by atoms with Crippen LogP contribution in [0, 0.1) is 12.8 Å². The normalized spacial score (nSPS) is 18.1. The molecule has 1 saturated heterocycles. The van der Waals surface area contributed by atoms with Crippen molar-refractivity contribution >= 4 is 27.3 Å². The molecule has 2 rings (SSSR count). The molecule has 2 heterocycles. The standard InChI is InChI=1S/C12H19N3O3S2/c1-9-7-13-11(19-9)8-14-12(16)10-3-5-15(6-4-10)20(2,17)18/h7,10H,3-6,8H2,1-2H3,(H,14,16). The number of nitrogens with zero attached hydrogens (tertiary/aromatic N) is 2. The molecule has 8 heteroatoms. The number of nitrogens with one attached hydrogen (secondary N) is 1. The van der Waals surface area contributed by atoms with Crippen LogP contribution in [0.1, 0.15) is 22.7 Å². The summed E-state index contributed by atoms with van der Waals surface area (Å²) in [5, 5.41) is 3.77. The second-order valence-electron chi connectivity index (χ2n) is 5.02. The smallest absolute Gasteiger partial charge is 0.223 e. The summed E-state index contributed by atoms with van der Waals surface area (Å²) in [6.07, 6.45) is 4.15. The van der Waals surface area contributed by atoms with Crippen molar-refractivity contribution in [1.29, 1.82) is 0 Å². The highest BCUT2D eigenvalue weighted by Gasteiger charge is 2.28. The molecule has 6 nitrogen and oxygen atoms in total. The molecule has 0 spiro atoms. The molecule has 0 atom stereocenters. The number of carbonyl (C=O) groups is 1. The molecule has 1 aliphatic rings. The van der Waals surface area contributed by atoms with E-state index in [2.05, 4.69) is 10.3 Å². The molecule has 0 bridgehead atoms. The minimum Gasteiger partial charge on any atom is -0.349 e. The van der Waals surface area contributed by atoms with Crippen LogP contribution in [0.2, 0.25) is 0 Å². The molecule has 1 amide bonds. The van der Waals surface area contributed by atoms with Crippen LogP contribution in [0.4, 0.5) is 0 Å². The Morgan fingerprint density at radius 2 is 2.15 bits per heavy atom. The molecular formula is C12H19N3O3S2. The van der Waals surface area contributed by atoms with Gasteiger partial charge >= 0.3 is 0 Å². The van der Waals surface area contributed by atoms with Crippen LogP contribution in [0.25, 0.3) is 0 Å². The molecule has 1 aromatic rings. The van der Waals surface area contributed by atoms with Gasteiger partial charge in [-0.2, -0.15) is 0 Å². The predicted octanol–water partition coefficient (Wildman–Crippen LogP) is 0.739. The number of thiazole rings is 1. The SMILES string of the molecule is Cc1cnc(CNC(=O)C2CCN(S(C)(=O)=O)CC2)s1. The van der Waals surface area contributed by atoms with Gasteiger partial charge in [-0.05, 0) is 19.8 Å². The van der Waals surface area contributed by atoms with Gasteiger partial charge in [0, 0.05) is 30.1 Å². The number of aromatic nitrogens is 1. The fourth-order valence-corrected chi connectivity index (χ4v) is 3.84. The summed E-state index contributed by atoms with van der Waals surface area (Å²) in [7, 11) is -3.13. The highest BCUT2D eigenvalue weighted by molar-refractivity contribution is 7.88. The zero-order valence-electron chi connectivity index (χ0n) is 11.6. The van der Waals surface area contributed by atoms with Gasteiger partial charge in [-0.25, -0.2) is 17.7 Å². The largest absolute Gasteiger partial charge is 0.349 e. The van der Waals surface area contributed by atoms with E-state index in [1.165, 1.54) is 10.6 Å². The van der Waals surface area contributed by atoms with Crippen LogP contribution < -0.4 is 5.32 Å².